The molecule has 2 rings (SSSR count). The summed E-state index contributed by atoms with van der Waals surface area (Å²) in [5, 5.41) is 3.33. The topological polar surface area (TPSA) is 34.1 Å². The van der Waals surface area contributed by atoms with E-state index < -0.39 is 0 Å². The molecule has 2 aromatic rings. The summed E-state index contributed by atoms with van der Waals surface area (Å²) in [6.45, 7) is 3.46. The smallest absolute Gasteiger partial charge is 0.126 e. The maximum absolute atomic E-state index is 5.20. The molecule has 0 fully saturated rings. The van der Waals surface area contributed by atoms with Crippen LogP contribution < -0.4 is 5.32 Å². The van der Waals surface area contributed by atoms with Crippen molar-refractivity contribution in [1.82, 2.24) is 4.98 Å². The van der Waals surface area contributed by atoms with Gasteiger partial charge < -0.3 is 10.1 Å². The van der Waals surface area contributed by atoms with Gasteiger partial charge in [0.1, 0.15) is 5.82 Å². The number of aromatic nitrogens is 1. The van der Waals surface area contributed by atoms with E-state index >= 15 is 0 Å². The Morgan fingerprint density at radius 3 is 2.67 bits per heavy atom. The van der Waals surface area contributed by atoms with Crippen LogP contribution in [-0.4, -0.2) is 12.1 Å². The fourth-order valence-electron chi connectivity index (χ4n) is 1.84. The lowest BCUT2D eigenvalue weighted by Gasteiger charge is -2.10. The number of aryl methyl sites for hydroxylation is 1. The lowest BCUT2D eigenvalue weighted by molar-refractivity contribution is 0.184. The molecule has 18 heavy (non-hydrogen) atoms. The first-order chi connectivity index (χ1) is 8.79. The molecule has 0 bridgehead atoms. The van der Waals surface area contributed by atoms with E-state index in [0.717, 1.165) is 12.4 Å². The molecule has 0 atom stereocenters. The van der Waals surface area contributed by atoms with Crippen molar-refractivity contribution in [3.8, 4) is 0 Å². The Morgan fingerprint density at radius 2 is 1.94 bits per heavy atom. The average Bonchev–Trinajstić information content (AvgIpc) is 2.38. The second-order valence-electron chi connectivity index (χ2n) is 4.27. The third-order valence-electron chi connectivity index (χ3n) is 2.79. The molecule has 0 aliphatic heterocycles. The highest BCUT2D eigenvalue weighted by Crippen LogP contribution is 2.13. The second-order valence-corrected chi connectivity index (χ2v) is 4.27. The van der Waals surface area contributed by atoms with Gasteiger partial charge in [0.15, 0.2) is 0 Å². The molecule has 0 amide bonds. The van der Waals surface area contributed by atoms with E-state index in [2.05, 4.69) is 29.4 Å². The second kappa shape index (κ2) is 6.17. The fraction of sp³-hybridized carbons (Fsp3) is 0.267. The van der Waals surface area contributed by atoms with E-state index in [1.807, 2.05) is 30.5 Å². The third-order valence-corrected chi connectivity index (χ3v) is 2.79. The number of hydrogen-bond acceptors (Lipinski definition) is 3. The van der Waals surface area contributed by atoms with Crippen molar-refractivity contribution in [2.75, 3.05) is 12.4 Å². The zero-order valence-corrected chi connectivity index (χ0v) is 10.8. The molecule has 1 heterocycles. The standard InChI is InChI=1S/C15H18N2O/c1-12-7-8-16-15(9-12)17-10-13-5-3-4-6-14(13)11-18-2/h3-9H,10-11H2,1-2H3,(H,16,17). The van der Waals surface area contributed by atoms with Gasteiger partial charge in [0.25, 0.3) is 0 Å². The quantitative estimate of drug-likeness (QED) is 0.874. The number of benzene rings is 1. The molecule has 0 saturated carbocycles. The average molecular weight is 242 g/mol. The number of pyridine rings is 1. The molecule has 0 radical (unpaired) electrons. The van der Waals surface area contributed by atoms with Gasteiger partial charge in [-0.15, -0.1) is 0 Å². The van der Waals surface area contributed by atoms with Crippen molar-refractivity contribution >= 4 is 5.82 Å². The van der Waals surface area contributed by atoms with Crippen LogP contribution in [0.1, 0.15) is 16.7 Å². The van der Waals surface area contributed by atoms with Crippen LogP contribution in [0.25, 0.3) is 0 Å². The maximum atomic E-state index is 5.20. The minimum absolute atomic E-state index is 0.638. The minimum atomic E-state index is 0.638. The van der Waals surface area contributed by atoms with E-state index in [9.17, 15) is 0 Å². The third kappa shape index (κ3) is 3.31. The Kier molecular flexibility index (Phi) is 4.31. The lowest BCUT2D eigenvalue weighted by atomic mass is 10.1. The summed E-state index contributed by atoms with van der Waals surface area (Å²) < 4.78 is 5.20. The first-order valence-corrected chi connectivity index (χ1v) is 6.02. The predicted molar refractivity (Wildman–Crippen MR) is 73.5 cm³/mol. The Bertz CT molecular complexity index is 511. The molecule has 0 aliphatic carbocycles. The van der Waals surface area contributed by atoms with E-state index in [0.29, 0.717) is 6.61 Å². The first kappa shape index (κ1) is 12.6. The van der Waals surface area contributed by atoms with E-state index in [1.165, 1.54) is 16.7 Å². The van der Waals surface area contributed by atoms with Crippen LogP contribution in [0.2, 0.25) is 0 Å². The van der Waals surface area contributed by atoms with Crippen LogP contribution in [-0.2, 0) is 17.9 Å². The van der Waals surface area contributed by atoms with Crippen molar-refractivity contribution in [1.29, 1.82) is 0 Å². The van der Waals surface area contributed by atoms with Gasteiger partial charge in [0.2, 0.25) is 0 Å². The van der Waals surface area contributed by atoms with Crippen molar-refractivity contribution in [3.05, 3.63) is 59.3 Å². The number of nitrogens with zero attached hydrogens (tertiary/aromatic N) is 1. The predicted octanol–water partition coefficient (Wildman–Crippen LogP) is 3.15. The maximum Gasteiger partial charge on any atom is 0.126 e. The summed E-state index contributed by atoms with van der Waals surface area (Å²) in [4.78, 5) is 4.29. The van der Waals surface area contributed by atoms with Crippen LogP contribution >= 0.6 is 0 Å². The van der Waals surface area contributed by atoms with Gasteiger partial charge in [0, 0.05) is 19.9 Å². The molecular weight excluding hydrogens is 224 g/mol. The first-order valence-electron chi connectivity index (χ1n) is 6.02. The molecule has 1 N–H and O–H groups in total. The molecule has 3 nitrogen and oxygen atoms in total. The van der Waals surface area contributed by atoms with Crippen LogP contribution in [0.4, 0.5) is 5.82 Å². The van der Waals surface area contributed by atoms with Gasteiger partial charge in [-0.1, -0.05) is 24.3 Å². The van der Waals surface area contributed by atoms with Crippen LogP contribution in [0.15, 0.2) is 42.6 Å². The fourth-order valence-corrected chi connectivity index (χ4v) is 1.84. The number of rotatable bonds is 5. The zero-order valence-electron chi connectivity index (χ0n) is 10.8. The highest BCUT2D eigenvalue weighted by atomic mass is 16.5. The molecular formula is C15H18N2O. The van der Waals surface area contributed by atoms with Gasteiger partial charge in [-0.05, 0) is 35.7 Å². The molecule has 3 heteroatoms. The number of methoxy groups -OCH3 is 1. The number of anilines is 1. The van der Waals surface area contributed by atoms with E-state index in [1.54, 1.807) is 7.11 Å². The van der Waals surface area contributed by atoms with Gasteiger partial charge in [0.05, 0.1) is 6.61 Å². The van der Waals surface area contributed by atoms with Crippen LogP contribution in [0.5, 0.6) is 0 Å². The largest absolute Gasteiger partial charge is 0.380 e. The Hall–Kier alpha value is -1.87. The van der Waals surface area contributed by atoms with E-state index in [4.69, 9.17) is 4.74 Å². The normalized spacial score (nSPS) is 10.3. The van der Waals surface area contributed by atoms with Crippen molar-refractivity contribution < 1.29 is 4.74 Å². The number of nitrogens with one attached hydrogen (secondary N) is 1. The van der Waals surface area contributed by atoms with Gasteiger partial charge in [-0.3, -0.25) is 0 Å². The highest BCUT2D eigenvalue weighted by Gasteiger charge is 2.01. The summed E-state index contributed by atoms with van der Waals surface area (Å²) in [7, 11) is 1.71. The molecule has 1 aromatic carbocycles. The highest BCUT2D eigenvalue weighted by molar-refractivity contribution is 5.39. The van der Waals surface area contributed by atoms with Crippen LogP contribution in [0.3, 0.4) is 0 Å². The number of ether oxygens (including phenoxy) is 1. The Labute approximate surface area is 108 Å². The van der Waals surface area contributed by atoms with Gasteiger partial charge in [-0.2, -0.15) is 0 Å². The molecule has 0 unspecified atom stereocenters. The summed E-state index contributed by atoms with van der Waals surface area (Å²) in [5.41, 5.74) is 3.65. The summed E-state index contributed by atoms with van der Waals surface area (Å²) in [6.07, 6.45) is 1.82. The van der Waals surface area contributed by atoms with E-state index in [-0.39, 0.29) is 0 Å². The lowest BCUT2D eigenvalue weighted by Crippen LogP contribution is -2.04. The summed E-state index contributed by atoms with van der Waals surface area (Å²) in [5.74, 6) is 0.905. The van der Waals surface area contributed by atoms with Crippen LogP contribution in [0, 0.1) is 6.92 Å². The molecule has 0 saturated heterocycles. The van der Waals surface area contributed by atoms with Crippen molar-refractivity contribution in [2.24, 2.45) is 0 Å². The SMILES string of the molecule is COCc1ccccc1CNc1cc(C)ccn1. The summed E-state index contributed by atoms with van der Waals surface area (Å²) in [6, 6.07) is 12.3. The Morgan fingerprint density at radius 1 is 1.17 bits per heavy atom. The molecule has 0 aliphatic rings. The van der Waals surface area contributed by atoms with Gasteiger partial charge >= 0.3 is 0 Å². The van der Waals surface area contributed by atoms with Gasteiger partial charge in [-0.25, -0.2) is 4.98 Å². The summed E-state index contributed by atoms with van der Waals surface area (Å²) >= 11 is 0. The van der Waals surface area contributed by atoms with Crippen molar-refractivity contribution in [3.63, 3.8) is 0 Å². The number of hydrogen-bond donors (Lipinski definition) is 1. The monoisotopic (exact) mass is 242 g/mol. The molecule has 1 aromatic heterocycles. The molecule has 94 valence electrons. The Balaban J connectivity index is 2.06. The van der Waals surface area contributed by atoms with Crippen molar-refractivity contribution in [2.45, 2.75) is 20.1 Å². The molecule has 0 spiro atoms. The zero-order chi connectivity index (χ0) is 12.8. The minimum Gasteiger partial charge on any atom is -0.380 e.